The molecule has 4 nitrogen and oxygen atoms in total. The van der Waals surface area contributed by atoms with E-state index in [9.17, 15) is 8.42 Å². The first kappa shape index (κ1) is 16.7. The van der Waals surface area contributed by atoms with E-state index < -0.39 is 10.0 Å². The van der Waals surface area contributed by atoms with Crippen LogP contribution in [-0.2, 0) is 10.0 Å². The molecule has 0 saturated carbocycles. The molecule has 0 amide bonds. The van der Waals surface area contributed by atoms with Gasteiger partial charge in [0, 0.05) is 17.6 Å². The van der Waals surface area contributed by atoms with Crippen molar-refractivity contribution in [1.29, 1.82) is 0 Å². The molecule has 0 bridgehead atoms. The van der Waals surface area contributed by atoms with Crippen LogP contribution in [0.5, 0.6) is 0 Å². The molecule has 0 aromatic heterocycles. The summed E-state index contributed by atoms with van der Waals surface area (Å²) in [6.07, 6.45) is 0.816. The van der Waals surface area contributed by atoms with Crippen molar-refractivity contribution in [2.24, 2.45) is 11.7 Å². The third-order valence-electron chi connectivity index (χ3n) is 3.34. The number of nitrogens with two attached hydrogens (primary N) is 1. The highest BCUT2D eigenvalue weighted by Crippen LogP contribution is 2.29. The van der Waals surface area contributed by atoms with E-state index in [0.717, 1.165) is 6.42 Å². The first-order chi connectivity index (χ1) is 8.45. The molecule has 1 fully saturated rings. The monoisotopic (exact) mass is 324 g/mol. The molecule has 1 aliphatic heterocycles. The van der Waals surface area contributed by atoms with Crippen molar-refractivity contribution in [2.45, 2.75) is 24.3 Å². The molecule has 2 rings (SSSR count). The van der Waals surface area contributed by atoms with Crippen molar-refractivity contribution in [3.63, 3.8) is 0 Å². The lowest BCUT2D eigenvalue weighted by Gasteiger charge is -2.21. The van der Waals surface area contributed by atoms with Gasteiger partial charge in [0.25, 0.3) is 0 Å². The summed E-state index contributed by atoms with van der Waals surface area (Å²) in [7, 11) is -3.46. The third-order valence-corrected chi connectivity index (χ3v) is 5.55. The van der Waals surface area contributed by atoms with Gasteiger partial charge in [-0.1, -0.05) is 17.7 Å². The predicted molar refractivity (Wildman–Crippen MR) is 79.2 cm³/mol. The van der Waals surface area contributed by atoms with Crippen LogP contribution in [-0.4, -0.2) is 31.9 Å². The number of hydrogen-bond acceptors (Lipinski definition) is 3. The van der Waals surface area contributed by atoms with Gasteiger partial charge in [0.2, 0.25) is 10.0 Å². The molecule has 0 aliphatic carbocycles. The third kappa shape index (κ3) is 3.41. The molecule has 1 heterocycles. The van der Waals surface area contributed by atoms with Crippen LogP contribution in [0.25, 0.3) is 0 Å². The van der Waals surface area contributed by atoms with Gasteiger partial charge in [-0.3, -0.25) is 0 Å². The summed E-state index contributed by atoms with van der Waals surface area (Å²) in [5.41, 5.74) is 5.62. The summed E-state index contributed by atoms with van der Waals surface area (Å²) >= 11 is 5.85. The summed E-state index contributed by atoms with van der Waals surface area (Å²) in [6.45, 7) is 2.93. The molecule has 0 spiro atoms. The molecule has 1 aromatic rings. The predicted octanol–water partition coefficient (Wildman–Crippen LogP) is 2.12. The van der Waals surface area contributed by atoms with Crippen molar-refractivity contribution in [2.75, 3.05) is 13.1 Å². The van der Waals surface area contributed by atoms with Gasteiger partial charge in [-0.05, 0) is 44.0 Å². The highest BCUT2D eigenvalue weighted by atomic mass is 35.5. The van der Waals surface area contributed by atoms with Gasteiger partial charge in [0.15, 0.2) is 0 Å². The van der Waals surface area contributed by atoms with Gasteiger partial charge in [-0.15, -0.1) is 12.4 Å². The van der Waals surface area contributed by atoms with E-state index in [0.29, 0.717) is 18.1 Å². The molecule has 19 heavy (non-hydrogen) atoms. The standard InChI is InChI=1S/C12H17ClN2O2S.ClH/c1-9-5-10(7-14)8-15(9)18(16,17)12-4-2-3-11(13)6-12;/h2-4,6,9-10H,5,7-8,14H2,1H3;1H. The van der Waals surface area contributed by atoms with E-state index in [1.807, 2.05) is 6.92 Å². The highest BCUT2D eigenvalue weighted by molar-refractivity contribution is 7.89. The molecule has 1 aromatic carbocycles. The van der Waals surface area contributed by atoms with Gasteiger partial charge < -0.3 is 5.73 Å². The Morgan fingerprint density at radius 2 is 2.16 bits per heavy atom. The maximum absolute atomic E-state index is 12.5. The van der Waals surface area contributed by atoms with Crippen LogP contribution in [0.2, 0.25) is 5.02 Å². The lowest BCUT2D eigenvalue weighted by atomic mass is 10.1. The van der Waals surface area contributed by atoms with Crippen molar-refractivity contribution >= 4 is 34.0 Å². The fraction of sp³-hybridized carbons (Fsp3) is 0.500. The minimum atomic E-state index is -3.46. The Balaban J connectivity index is 0.00000180. The largest absolute Gasteiger partial charge is 0.330 e. The van der Waals surface area contributed by atoms with Crippen molar-refractivity contribution in [1.82, 2.24) is 4.31 Å². The van der Waals surface area contributed by atoms with Gasteiger partial charge >= 0.3 is 0 Å². The first-order valence-corrected chi connectivity index (χ1v) is 7.74. The maximum atomic E-state index is 12.5. The number of hydrogen-bond donors (Lipinski definition) is 1. The Bertz CT molecular complexity index is 536. The van der Waals surface area contributed by atoms with Crippen molar-refractivity contribution < 1.29 is 8.42 Å². The number of nitrogens with zero attached hydrogens (tertiary/aromatic N) is 1. The Kier molecular flexibility index (Phi) is 5.65. The molecule has 2 atom stereocenters. The van der Waals surface area contributed by atoms with Crippen LogP contribution in [0.1, 0.15) is 13.3 Å². The zero-order chi connectivity index (χ0) is 13.3. The van der Waals surface area contributed by atoms with Gasteiger partial charge in [0.05, 0.1) is 4.90 Å². The van der Waals surface area contributed by atoms with Crippen LogP contribution in [0.3, 0.4) is 0 Å². The fourth-order valence-electron chi connectivity index (χ4n) is 2.38. The Morgan fingerprint density at radius 1 is 1.47 bits per heavy atom. The van der Waals surface area contributed by atoms with Crippen LogP contribution < -0.4 is 5.73 Å². The molecule has 0 radical (unpaired) electrons. The smallest absolute Gasteiger partial charge is 0.243 e. The molecular formula is C12H18Cl2N2O2S. The normalized spacial score (nSPS) is 24.2. The maximum Gasteiger partial charge on any atom is 0.243 e. The summed E-state index contributed by atoms with van der Waals surface area (Å²) in [6, 6.07) is 6.36. The average Bonchev–Trinajstić information content (AvgIpc) is 2.71. The summed E-state index contributed by atoms with van der Waals surface area (Å²) in [4.78, 5) is 0.250. The minimum absolute atomic E-state index is 0. The zero-order valence-corrected chi connectivity index (χ0v) is 13.0. The molecule has 2 N–H and O–H groups in total. The Hall–Kier alpha value is -0.330. The van der Waals surface area contributed by atoms with E-state index in [1.54, 1.807) is 18.2 Å². The van der Waals surface area contributed by atoms with E-state index in [-0.39, 0.29) is 29.3 Å². The van der Waals surface area contributed by atoms with Crippen molar-refractivity contribution in [3.8, 4) is 0 Å². The topological polar surface area (TPSA) is 63.4 Å². The zero-order valence-electron chi connectivity index (χ0n) is 10.6. The van der Waals surface area contributed by atoms with Gasteiger partial charge in [-0.2, -0.15) is 4.31 Å². The van der Waals surface area contributed by atoms with Crippen molar-refractivity contribution in [3.05, 3.63) is 29.3 Å². The van der Waals surface area contributed by atoms with E-state index in [1.165, 1.54) is 10.4 Å². The second-order valence-electron chi connectivity index (χ2n) is 4.72. The lowest BCUT2D eigenvalue weighted by Crippen LogP contribution is -2.34. The number of halogens is 2. The van der Waals surface area contributed by atoms with E-state index in [4.69, 9.17) is 17.3 Å². The second kappa shape index (κ2) is 6.41. The molecule has 2 unspecified atom stereocenters. The highest BCUT2D eigenvalue weighted by Gasteiger charge is 2.37. The Morgan fingerprint density at radius 3 is 2.68 bits per heavy atom. The molecule has 1 saturated heterocycles. The second-order valence-corrected chi connectivity index (χ2v) is 7.05. The Labute approximate surface area is 125 Å². The quantitative estimate of drug-likeness (QED) is 0.926. The molecule has 1 aliphatic rings. The number of rotatable bonds is 3. The van der Waals surface area contributed by atoms with Gasteiger partial charge in [-0.25, -0.2) is 8.42 Å². The number of sulfonamides is 1. The molecule has 108 valence electrons. The molecular weight excluding hydrogens is 307 g/mol. The van der Waals surface area contributed by atoms with E-state index >= 15 is 0 Å². The summed E-state index contributed by atoms with van der Waals surface area (Å²) in [5.74, 6) is 0.244. The van der Waals surface area contributed by atoms with Crippen LogP contribution in [0.4, 0.5) is 0 Å². The summed E-state index contributed by atoms with van der Waals surface area (Å²) in [5, 5.41) is 0.429. The van der Waals surface area contributed by atoms with Crippen LogP contribution in [0.15, 0.2) is 29.2 Å². The lowest BCUT2D eigenvalue weighted by molar-refractivity contribution is 0.404. The van der Waals surface area contributed by atoms with Gasteiger partial charge in [0.1, 0.15) is 0 Å². The summed E-state index contributed by atoms with van der Waals surface area (Å²) < 4.78 is 26.5. The fourth-order valence-corrected chi connectivity index (χ4v) is 4.40. The molecule has 7 heteroatoms. The van der Waals surface area contributed by atoms with Crippen LogP contribution in [0, 0.1) is 5.92 Å². The SMILES string of the molecule is CC1CC(CN)CN1S(=O)(=O)c1cccc(Cl)c1.Cl. The number of benzene rings is 1. The average molecular weight is 325 g/mol. The van der Waals surface area contributed by atoms with Crippen LogP contribution >= 0.6 is 24.0 Å². The minimum Gasteiger partial charge on any atom is -0.330 e. The van der Waals surface area contributed by atoms with E-state index in [2.05, 4.69) is 0 Å². The first-order valence-electron chi connectivity index (χ1n) is 5.92.